The van der Waals surface area contributed by atoms with Gasteiger partial charge in [-0.25, -0.2) is 4.39 Å². The van der Waals surface area contributed by atoms with E-state index in [0.29, 0.717) is 13.0 Å². The van der Waals surface area contributed by atoms with Crippen molar-refractivity contribution in [1.29, 1.82) is 0 Å². The van der Waals surface area contributed by atoms with Gasteiger partial charge in [0.1, 0.15) is 35.3 Å². The monoisotopic (exact) mass is 727 g/mol. The van der Waals surface area contributed by atoms with Gasteiger partial charge in [0.15, 0.2) is 6.29 Å². The molecule has 0 saturated carbocycles. The number of para-hydroxylation sites is 1. The Bertz CT molecular complexity index is 1270. The summed E-state index contributed by atoms with van der Waals surface area (Å²) in [7, 11) is 3.71. The van der Waals surface area contributed by atoms with Gasteiger partial charge < -0.3 is 54.9 Å². The van der Waals surface area contributed by atoms with Gasteiger partial charge >= 0.3 is 5.97 Å². The highest BCUT2D eigenvalue weighted by Crippen LogP contribution is 2.41. The summed E-state index contributed by atoms with van der Waals surface area (Å²) in [4.78, 5) is 17.7. The molecule has 2 heterocycles. The smallest absolute Gasteiger partial charge is 0.312 e. The Morgan fingerprint density at radius 1 is 1.04 bits per heavy atom. The third kappa shape index (κ3) is 9.79. The number of hydrogen-bond donors (Lipinski definition) is 6. The first-order chi connectivity index (χ1) is 23.6. The molecular formula is C38H66FN3O9. The third-order valence-electron chi connectivity index (χ3n) is 11.4. The molecule has 2 fully saturated rings. The fourth-order valence-electron chi connectivity index (χ4n) is 8.07. The molecule has 0 spiro atoms. The number of nitrogens with zero attached hydrogens (tertiary/aromatic N) is 2. The lowest BCUT2D eigenvalue weighted by Gasteiger charge is -2.50. The first kappa shape index (κ1) is 43.5. The van der Waals surface area contributed by atoms with Gasteiger partial charge in [-0.2, -0.15) is 0 Å². The van der Waals surface area contributed by atoms with E-state index in [1.807, 2.05) is 32.8 Å². The van der Waals surface area contributed by atoms with E-state index in [0.717, 1.165) is 0 Å². The van der Waals surface area contributed by atoms with Crippen molar-refractivity contribution in [2.75, 3.05) is 38.6 Å². The zero-order chi connectivity index (χ0) is 38.6. The molecule has 0 bridgehead atoms. The third-order valence-corrected chi connectivity index (χ3v) is 11.4. The van der Waals surface area contributed by atoms with Crippen LogP contribution >= 0.6 is 0 Å². The lowest BCUT2D eigenvalue weighted by molar-refractivity contribution is -0.304. The van der Waals surface area contributed by atoms with Gasteiger partial charge in [0.05, 0.1) is 29.4 Å². The summed E-state index contributed by atoms with van der Waals surface area (Å²) in [5.74, 6) is -3.97. The number of nitrogens with one attached hydrogen (secondary N) is 1. The molecule has 2 aliphatic rings. The number of halogens is 1. The lowest BCUT2D eigenvalue weighted by Crippen LogP contribution is -2.64. The SMILES string of the molecule is CC[C@H]1OC(=O)C(C)[C@@](O)(CN(CC)c2ccccc2F)[C@H](C)[C@@H](O[C@@H]2O[C@H](C)C[C@H](N(C)C)[C@H]2O)[C@@](C)(O)C[C@@H](C)CN[C@H](C)[C@@H](O)[C@]1(C)O. The lowest BCUT2D eigenvalue weighted by atomic mass is 9.70. The second-order valence-electron chi connectivity index (χ2n) is 16.0. The van der Waals surface area contributed by atoms with Gasteiger partial charge in [0.2, 0.25) is 0 Å². The molecule has 0 aliphatic carbocycles. The second-order valence-corrected chi connectivity index (χ2v) is 16.0. The van der Waals surface area contributed by atoms with Crippen molar-refractivity contribution in [3.63, 3.8) is 0 Å². The number of anilines is 1. The number of aliphatic hydroxyl groups excluding tert-OH is 2. The van der Waals surface area contributed by atoms with Crippen LogP contribution in [0.3, 0.4) is 0 Å². The molecule has 0 radical (unpaired) electrons. The number of likely N-dealkylation sites (N-methyl/N-ethyl adjacent to an activating group) is 2. The Morgan fingerprint density at radius 3 is 2.24 bits per heavy atom. The highest BCUT2D eigenvalue weighted by atomic mass is 19.1. The summed E-state index contributed by atoms with van der Waals surface area (Å²) in [6.45, 7) is 15.5. The fourth-order valence-corrected chi connectivity index (χ4v) is 8.07. The van der Waals surface area contributed by atoms with Crippen LogP contribution in [0.25, 0.3) is 0 Å². The van der Waals surface area contributed by atoms with Crippen LogP contribution < -0.4 is 10.2 Å². The molecule has 2 aliphatic heterocycles. The Balaban J connectivity index is 2.24. The normalized spacial score (nSPS) is 42.2. The number of benzene rings is 1. The summed E-state index contributed by atoms with van der Waals surface area (Å²) < 4.78 is 34.0. The van der Waals surface area contributed by atoms with Gasteiger partial charge in [0.25, 0.3) is 0 Å². The van der Waals surface area contributed by atoms with Crippen molar-refractivity contribution in [3.05, 3.63) is 30.1 Å². The zero-order valence-electron chi connectivity index (χ0n) is 32.5. The molecule has 1 aromatic rings. The maximum atomic E-state index is 15.3. The second kappa shape index (κ2) is 17.5. The molecule has 0 amide bonds. The van der Waals surface area contributed by atoms with Gasteiger partial charge in [0, 0.05) is 31.1 Å². The Kier molecular flexibility index (Phi) is 14.9. The van der Waals surface area contributed by atoms with Crippen LogP contribution in [0.15, 0.2) is 24.3 Å². The zero-order valence-corrected chi connectivity index (χ0v) is 32.5. The standard InChI is InChI=1S/C38H66FN3O9/c1-12-30-37(9,47)32(44)26(7)40-20-22(3)19-36(8,46)33(51-35-31(43)29(41(10)11)18-23(4)49-35)24(5)38(48,25(6)34(45)50-30)21-42(13-2)28-17-15-14-16-27(28)39/h14-17,22-26,29-33,35,40,43-44,46-48H,12-13,18-21H2,1-11H3/t22-,23-,24-,25?,26-,29+,30-,31-,32-,33-,35+,36+,37-,38-/m1/s1. The molecule has 13 heteroatoms. The predicted octanol–water partition coefficient (Wildman–Crippen LogP) is 2.67. The van der Waals surface area contributed by atoms with E-state index in [1.165, 1.54) is 19.9 Å². The van der Waals surface area contributed by atoms with Crippen molar-refractivity contribution in [3.8, 4) is 0 Å². The molecule has 3 rings (SSSR count). The summed E-state index contributed by atoms with van der Waals surface area (Å²) in [6.07, 6.45) is -5.46. The van der Waals surface area contributed by atoms with E-state index in [1.54, 1.807) is 57.7 Å². The number of carbonyl (C=O) groups is 1. The van der Waals surface area contributed by atoms with Crippen LogP contribution in [0.2, 0.25) is 0 Å². The molecular weight excluding hydrogens is 661 g/mol. The van der Waals surface area contributed by atoms with Crippen LogP contribution in [0.1, 0.15) is 81.6 Å². The topological polar surface area (TPSA) is 164 Å². The van der Waals surface area contributed by atoms with E-state index in [9.17, 15) is 30.3 Å². The van der Waals surface area contributed by atoms with E-state index in [-0.39, 0.29) is 49.7 Å². The average Bonchev–Trinajstić information content (AvgIpc) is 3.06. The predicted molar refractivity (Wildman–Crippen MR) is 194 cm³/mol. The van der Waals surface area contributed by atoms with Gasteiger partial charge in [-0.05, 0) is 99.5 Å². The van der Waals surface area contributed by atoms with Gasteiger partial charge in [-0.15, -0.1) is 0 Å². The Labute approximate surface area is 304 Å². The van der Waals surface area contributed by atoms with E-state index in [2.05, 4.69) is 5.32 Å². The number of esters is 1. The minimum absolute atomic E-state index is 0.140. The molecule has 6 N–H and O–H groups in total. The molecule has 1 unspecified atom stereocenters. The summed E-state index contributed by atoms with van der Waals surface area (Å²) in [6, 6.07) is 5.20. The van der Waals surface area contributed by atoms with Crippen molar-refractivity contribution in [2.45, 2.75) is 147 Å². The van der Waals surface area contributed by atoms with Crippen LogP contribution in [-0.4, -0.2) is 136 Å². The molecule has 12 nitrogen and oxygen atoms in total. The van der Waals surface area contributed by atoms with E-state index >= 15 is 4.39 Å². The quantitative estimate of drug-likeness (QED) is 0.218. The maximum absolute atomic E-state index is 15.3. The number of hydrogen-bond acceptors (Lipinski definition) is 12. The first-order valence-corrected chi connectivity index (χ1v) is 18.6. The number of ether oxygens (including phenoxy) is 3. The summed E-state index contributed by atoms with van der Waals surface area (Å²) in [5.41, 5.74) is -5.39. The maximum Gasteiger partial charge on any atom is 0.312 e. The summed E-state index contributed by atoms with van der Waals surface area (Å²) >= 11 is 0. The largest absolute Gasteiger partial charge is 0.459 e. The Hall–Kier alpha value is -1.94. The van der Waals surface area contributed by atoms with Gasteiger partial charge in [-0.3, -0.25) is 4.79 Å². The minimum Gasteiger partial charge on any atom is -0.459 e. The Morgan fingerprint density at radius 2 is 1.67 bits per heavy atom. The first-order valence-electron chi connectivity index (χ1n) is 18.6. The van der Waals surface area contributed by atoms with Crippen molar-refractivity contribution >= 4 is 11.7 Å². The molecule has 1 aromatic carbocycles. The molecule has 294 valence electrons. The highest BCUT2D eigenvalue weighted by Gasteiger charge is 2.55. The van der Waals surface area contributed by atoms with Crippen LogP contribution in [0.4, 0.5) is 10.1 Å². The molecule has 14 atom stereocenters. The van der Waals surface area contributed by atoms with Crippen LogP contribution in [0.5, 0.6) is 0 Å². The molecule has 51 heavy (non-hydrogen) atoms. The molecule has 0 aromatic heterocycles. The van der Waals surface area contributed by atoms with Crippen LogP contribution in [-0.2, 0) is 19.0 Å². The average molecular weight is 728 g/mol. The number of aliphatic hydroxyl groups is 5. The summed E-state index contributed by atoms with van der Waals surface area (Å²) in [5, 5.41) is 63.1. The molecule has 2 saturated heterocycles. The van der Waals surface area contributed by atoms with Gasteiger partial charge in [-0.1, -0.05) is 32.9 Å². The number of rotatable bonds is 8. The fraction of sp³-hybridized carbons (Fsp3) is 0.816. The minimum atomic E-state index is -2.06. The van der Waals surface area contributed by atoms with Crippen LogP contribution in [0, 0.1) is 23.6 Å². The number of carbonyl (C=O) groups excluding carboxylic acids is 1. The van der Waals surface area contributed by atoms with Crippen molar-refractivity contribution in [1.82, 2.24) is 10.2 Å². The highest BCUT2D eigenvalue weighted by molar-refractivity contribution is 5.74. The van der Waals surface area contributed by atoms with Crippen molar-refractivity contribution < 1.29 is 48.9 Å². The van der Waals surface area contributed by atoms with E-state index < -0.39 is 77.2 Å². The number of cyclic esters (lactones) is 1. The van der Waals surface area contributed by atoms with E-state index in [4.69, 9.17) is 14.2 Å². The van der Waals surface area contributed by atoms with Crippen molar-refractivity contribution in [2.24, 2.45) is 17.8 Å².